The lowest BCUT2D eigenvalue weighted by Crippen LogP contribution is -2.41. The summed E-state index contributed by atoms with van der Waals surface area (Å²) >= 11 is 1.69. The fourth-order valence-electron chi connectivity index (χ4n) is 2.63. The van der Waals surface area contributed by atoms with Gasteiger partial charge in [0.2, 0.25) is 0 Å². The van der Waals surface area contributed by atoms with Gasteiger partial charge in [-0.2, -0.15) is 0 Å². The number of aryl methyl sites for hydroxylation is 1. The molecule has 0 saturated heterocycles. The monoisotopic (exact) mass is 501 g/mol. The Balaban J connectivity index is 0.00000364. The van der Waals surface area contributed by atoms with Crippen molar-refractivity contribution < 1.29 is 0 Å². The van der Waals surface area contributed by atoms with Crippen molar-refractivity contribution in [3.8, 4) is 0 Å². The summed E-state index contributed by atoms with van der Waals surface area (Å²) < 4.78 is 0. The van der Waals surface area contributed by atoms with Gasteiger partial charge < -0.3 is 15.5 Å². The second-order valence-corrected chi connectivity index (χ2v) is 7.96. The quantitative estimate of drug-likeness (QED) is 0.340. The van der Waals surface area contributed by atoms with Gasteiger partial charge in [-0.3, -0.25) is 4.99 Å². The van der Waals surface area contributed by atoms with Crippen LogP contribution in [0.25, 0.3) is 0 Å². The van der Waals surface area contributed by atoms with Gasteiger partial charge in [-0.1, -0.05) is 43.7 Å². The van der Waals surface area contributed by atoms with Crippen molar-refractivity contribution in [3.05, 3.63) is 51.5 Å². The lowest BCUT2D eigenvalue weighted by molar-refractivity contribution is 0.298. The molecule has 0 aliphatic carbocycles. The lowest BCUT2D eigenvalue weighted by Gasteiger charge is -2.26. The predicted molar refractivity (Wildman–Crippen MR) is 127 cm³/mol. The molecule has 2 aromatic rings. The van der Waals surface area contributed by atoms with Crippen LogP contribution in [-0.4, -0.2) is 43.5 Å². The number of hydrogen-bond donors (Lipinski definition) is 2. The van der Waals surface area contributed by atoms with Gasteiger partial charge >= 0.3 is 0 Å². The number of aromatic nitrogens is 1. The van der Waals surface area contributed by atoms with Gasteiger partial charge in [0.1, 0.15) is 5.01 Å². The van der Waals surface area contributed by atoms with Crippen molar-refractivity contribution in [2.75, 3.05) is 27.7 Å². The fraction of sp³-hybridized carbons (Fsp3) is 0.500. The van der Waals surface area contributed by atoms with E-state index < -0.39 is 0 Å². The third-order valence-corrected chi connectivity index (χ3v) is 5.21. The molecule has 0 radical (unpaired) electrons. The number of nitrogens with zero attached hydrogens (tertiary/aromatic N) is 3. The van der Waals surface area contributed by atoms with Crippen molar-refractivity contribution in [1.82, 2.24) is 20.5 Å². The summed E-state index contributed by atoms with van der Waals surface area (Å²) in [5, 5.41) is 10.0. The molecule has 0 amide bonds. The summed E-state index contributed by atoms with van der Waals surface area (Å²) in [5.41, 5.74) is 3.73. The van der Waals surface area contributed by atoms with E-state index >= 15 is 0 Å². The van der Waals surface area contributed by atoms with E-state index in [1.165, 1.54) is 11.1 Å². The molecule has 27 heavy (non-hydrogen) atoms. The Morgan fingerprint density at radius 3 is 2.37 bits per heavy atom. The summed E-state index contributed by atoms with van der Waals surface area (Å²) in [5.74, 6) is 1.26. The van der Waals surface area contributed by atoms with Crippen LogP contribution in [-0.2, 0) is 6.54 Å². The highest BCUT2D eigenvalue weighted by Crippen LogP contribution is 2.18. The Labute approximate surface area is 184 Å². The van der Waals surface area contributed by atoms with Crippen molar-refractivity contribution in [2.24, 2.45) is 4.99 Å². The third-order valence-electron chi connectivity index (χ3n) is 4.34. The molecule has 1 heterocycles. The SMILES string of the molecule is CN=C(NCc1nc(C(C)C)cs1)NCC(c1ccc(C)cc1)N(C)C.I. The second kappa shape index (κ2) is 11.6. The zero-order valence-electron chi connectivity index (χ0n) is 17.1. The molecule has 1 unspecified atom stereocenters. The van der Waals surface area contributed by atoms with Gasteiger partial charge in [-0.25, -0.2) is 4.98 Å². The van der Waals surface area contributed by atoms with Crippen molar-refractivity contribution in [1.29, 1.82) is 0 Å². The number of guanidine groups is 1. The maximum Gasteiger partial charge on any atom is 0.191 e. The zero-order valence-corrected chi connectivity index (χ0v) is 20.3. The average molecular weight is 501 g/mol. The number of aliphatic imine (C=N–C) groups is 1. The lowest BCUT2D eigenvalue weighted by atomic mass is 10.0. The average Bonchev–Trinajstić information content (AvgIpc) is 3.08. The highest BCUT2D eigenvalue weighted by Gasteiger charge is 2.14. The van der Waals surface area contributed by atoms with E-state index in [1.807, 2.05) is 0 Å². The summed E-state index contributed by atoms with van der Waals surface area (Å²) in [6.45, 7) is 7.92. The first-order chi connectivity index (χ1) is 12.4. The van der Waals surface area contributed by atoms with Gasteiger partial charge in [0.25, 0.3) is 0 Å². The van der Waals surface area contributed by atoms with E-state index in [0.717, 1.165) is 23.2 Å². The number of thiazole rings is 1. The molecule has 0 bridgehead atoms. The molecule has 0 aliphatic heterocycles. The normalized spacial score (nSPS) is 12.8. The molecule has 0 fully saturated rings. The first-order valence-corrected chi connectivity index (χ1v) is 9.90. The minimum atomic E-state index is 0. The molecule has 1 atom stereocenters. The van der Waals surface area contributed by atoms with Crippen LogP contribution < -0.4 is 10.6 Å². The summed E-state index contributed by atoms with van der Waals surface area (Å²) in [4.78, 5) is 11.2. The molecule has 2 N–H and O–H groups in total. The molecule has 150 valence electrons. The molecular formula is C20H32IN5S. The van der Waals surface area contributed by atoms with Crippen LogP contribution in [0.4, 0.5) is 0 Å². The maximum atomic E-state index is 4.66. The Bertz CT molecular complexity index is 709. The van der Waals surface area contributed by atoms with Gasteiger partial charge in [0.05, 0.1) is 18.3 Å². The van der Waals surface area contributed by atoms with Crippen molar-refractivity contribution in [2.45, 2.75) is 39.3 Å². The largest absolute Gasteiger partial charge is 0.354 e. The molecule has 2 rings (SSSR count). The van der Waals surface area contributed by atoms with Crippen LogP contribution in [0.5, 0.6) is 0 Å². The first kappa shape index (κ1) is 23.8. The standard InChI is InChI=1S/C20H31N5S.HI/c1-14(2)17-13-26-19(24-17)12-23-20(21-4)22-11-18(25(5)6)16-9-7-15(3)8-10-16;/h7-10,13-14,18H,11-12H2,1-6H3,(H2,21,22,23);1H. The van der Waals surface area contributed by atoms with E-state index in [4.69, 9.17) is 0 Å². The summed E-state index contributed by atoms with van der Waals surface area (Å²) in [7, 11) is 6.00. The van der Waals surface area contributed by atoms with E-state index in [-0.39, 0.29) is 30.0 Å². The van der Waals surface area contributed by atoms with Gasteiger partial charge in [-0.15, -0.1) is 35.3 Å². The molecule has 1 aromatic carbocycles. The highest BCUT2D eigenvalue weighted by atomic mass is 127. The highest BCUT2D eigenvalue weighted by molar-refractivity contribution is 14.0. The molecule has 1 aromatic heterocycles. The number of likely N-dealkylation sites (N-methyl/N-ethyl adjacent to an activating group) is 1. The van der Waals surface area contributed by atoms with Crippen LogP contribution in [0, 0.1) is 6.92 Å². The predicted octanol–water partition coefficient (Wildman–Crippen LogP) is 4.16. The van der Waals surface area contributed by atoms with E-state index in [2.05, 4.69) is 90.0 Å². The Hall–Kier alpha value is -1.19. The second-order valence-electron chi connectivity index (χ2n) is 7.02. The van der Waals surface area contributed by atoms with Crippen LogP contribution in [0.1, 0.15) is 47.6 Å². The third kappa shape index (κ3) is 7.38. The van der Waals surface area contributed by atoms with E-state index in [1.54, 1.807) is 18.4 Å². The molecule has 0 saturated carbocycles. The molecule has 0 aliphatic rings. The van der Waals surface area contributed by atoms with Crippen LogP contribution >= 0.6 is 35.3 Å². The molecule has 5 nitrogen and oxygen atoms in total. The minimum Gasteiger partial charge on any atom is -0.354 e. The van der Waals surface area contributed by atoms with E-state index in [9.17, 15) is 0 Å². The number of halogens is 1. The van der Waals surface area contributed by atoms with Gasteiger partial charge in [0.15, 0.2) is 5.96 Å². The fourth-order valence-corrected chi connectivity index (χ4v) is 3.53. The van der Waals surface area contributed by atoms with E-state index in [0.29, 0.717) is 12.5 Å². The van der Waals surface area contributed by atoms with Crippen LogP contribution in [0.15, 0.2) is 34.6 Å². The number of benzene rings is 1. The van der Waals surface area contributed by atoms with Crippen molar-refractivity contribution >= 4 is 41.3 Å². The Morgan fingerprint density at radius 2 is 1.85 bits per heavy atom. The summed E-state index contributed by atoms with van der Waals surface area (Å²) in [6.07, 6.45) is 0. The summed E-state index contributed by atoms with van der Waals surface area (Å²) in [6, 6.07) is 8.99. The van der Waals surface area contributed by atoms with Gasteiger partial charge in [-0.05, 0) is 32.5 Å². The van der Waals surface area contributed by atoms with Crippen molar-refractivity contribution in [3.63, 3.8) is 0 Å². The van der Waals surface area contributed by atoms with Gasteiger partial charge in [0, 0.05) is 19.0 Å². The zero-order chi connectivity index (χ0) is 19.1. The smallest absolute Gasteiger partial charge is 0.191 e. The Kier molecular flexibility index (Phi) is 10.3. The molecule has 0 spiro atoms. The first-order valence-electron chi connectivity index (χ1n) is 9.02. The van der Waals surface area contributed by atoms with Crippen LogP contribution in [0.3, 0.4) is 0 Å². The Morgan fingerprint density at radius 1 is 1.19 bits per heavy atom. The topological polar surface area (TPSA) is 52.6 Å². The number of rotatable bonds is 7. The molecular weight excluding hydrogens is 469 g/mol. The maximum absolute atomic E-state index is 4.66. The minimum absolute atomic E-state index is 0. The number of nitrogens with one attached hydrogen (secondary N) is 2. The molecule has 7 heteroatoms. The van der Waals surface area contributed by atoms with Crippen LogP contribution in [0.2, 0.25) is 0 Å². The number of hydrogen-bond acceptors (Lipinski definition) is 4.